The summed E-state index contributed by atoms with van der Waals surface area (Å²) in [5.41, 5.74) is 1.36. The first-order valence-electron chi connectivity index (χ1n) is 8.04. The Bertz CT molecular complexity index is 425. The van der Waals surface area contributed by atoms with E-state index in [1.165, 1.54) is 44.2 Å². The van der Waals surface area contributed by atoms with E-state index in [0.717, 1.165) is 37.6 Å². The van der Waals surface area contributed by atoms with E-state index in [2.05, 4.69) is 23.5 Å². The molecule has 1 unspecified atom stereocenters. The molecule has 1 N–H and O–H groups in total. The van der Waals surface area contributed by atoms with Crippen molar-refractivity contribution in [3.8, 4) is 11.5 Å². The highest BCUT2D eigenvalue weighted by Gasteiger charge is 2.13. The SMILES string of the molecule is c1cc2c(cc1CCC1CCCCCN1)OCCCO2. The summed E-state index contributed by atoms with van der Waals surface area (Å²) >= 11 is 0. The molecule has 2 aliphatic rings. The van der Waals surface area contributed by atoms with Crippen LogP contribution in [0, 0.1) is 0 Å². The lowest BCUT2D eigenvalue weighted by atomic mass is 10.0. The third-order valence-corrected chi connectivity index (χ3v) is 4.26. The predicted octanol–water partition coefficient (Wildman–Crippen LogP) is 3.31. The van der Waals surface area contributed by atoms with Gasteiger partial charge in [0.05, 0.1) is 13.2 Å². The first-order valence-corrected chi connectivity index (χ1v) is 8.04. The number of ether oxygens (including phenoxy) is 2. The summed E-state index contributed by atoms with van der Waals surface area (Å²) in [6, 6.07) is 7.10. The van der Waals surface area contributed by atoms with Crippen molar-refractivity contribution in [2.24, 2.45) is 0 Å². The highest BCUT2D eigenvalue weighted by molar-refractivity contribution is 5.43. The van der Waals surface area contributed by atoms with Gasteiger partial charge in [-0.15, -0.1) is 0 Å². The Labute approximate surface area is 121 Å². The van der Waals surface area contributed by atoms with Crippen molar-refractivity contribution < 1.29 is 9.47 Å². The summed E-state index contributed by atoms with van der Waals surface area (Å²) in [5, 5.41) is 3.67. The van der Waals surface area contributed by atoms with Crippen molar-refractivity contribution >= 4 is 0 Å². The molecule has 3 heteroatoms. The molecule has 0 aliphatic carbocycles. The summed E-state index contributed by atoms with van der Waals surface area (Å²) in [7, 11) is 0. The van der Waals surface area contributed by atoms with E-state index in [1.807, 2.05) is 0 Å². The first kappa shape index (κ1) is 13.7. The highest BCUT2D eigenvalue weighted by atomic mass is 16.5. The fourth-order valence-electron chi connectivity index (χ4n) is 3.05. The zero-order valence-corrected chi connectivity index (χ0v) is 12.2. The van der Waals surface area contributed by atoms with Crippen LogP contribution in [0.1, 0.15) is 44.1 Å². The van der Waals surface area contributed by atoms with Gasteiger partial charge in [0.1, 0.15) is 0 Å². The maximum Gasteiger partial charge on any atom is 0.161 e. The van der Waals surface area contributed by atoms with Crippen LogP contribution in [0.4, 0.5) is 0 Å². The number of hydrogen-bond acceptors (Lipinski definition) is 3. The molecule has 1 fully saturated rings. The Kier molecular flexibility index (Phi) is 4.80. The Morgan fingerprint density at radius 3 is 2.85 bits per heavy atom. The van der Waals surface area contributed by atoms with Crippen molar-refractivity contribution in [1.82, 2.24) is 5.32 Å². The second-order valence-electron chi connectivity index (χ2n) is 5.87. The summed E-state index contributed by atoms with van der Waals surface area (Å²) in [6.45, 7) is 2.71. The van der Waals surface area contributed by atoms with Gasteiger partial charge in [-0.3, -0.25) is 0 Å². The van der Waals surface area contributed by atoms with Gasteiger partial charge >= 0.3 is 0 Å². The molecule has 3 rings (SSSR count). The zero-order valence-electron chi connectivity index (χ0n) is 12.2. The van der Waals surface area contributed by atoms with Gasteiger partial charge in [0.25, 0.3) is 0 Å². The number of nitrogens with one attached hydrogen (secondary N) is 1. The molecule has 1 aromatic rings. The van der Waals surface area contributed by atoms with Crippen LogP contribution in [0.5, 0.6) is 11.5 Å². The topological polar surface area (TPSA) is 30.5 Å². The summed E-state index contributed by atoms with van der Waals surface area (Å²) in [6.07, 6.45) is 8.72. The number of benzene rings is 1. The average molecular weight is 275 g/mol. The molecule has 0 amide bonds. The maximum atomic E-state index is 5.76. The third-order valence-electron chi connectivity index (χ3n) is 4.26. The first-order chi connectivity index (χ1) is 9.92. The summed E-state index contributed by atoms with van der Waals surface area (Å²) < 4.78 is 11.4. The molecule has 1 atom stereocenters. The molecule has 0 bridgehead atoms. The quantitative estimate of drug-likeness (QED) is 0.918. The van der Waals surface area contributed by atoms with Crippen LogP contribution in [-0.4, -0.2) is 25.8 Å². The fourth-order valence-corrected chi connectivity index (χ4v) is 3.05. The van der Waals surface area contributed by atoms with E-state index in [1.54, 1.807) is 0 Å². The Morgan fingerprint density at radius 2 is 1.90 bits per heavy atom. The number of fused-ring (bicyclic) bond motifs is 1. The van der Waals surface area contributed by atoms with Crippen LogP contribution in [0.15, 0.2) is 18.2 Å². The normalized spacial score (nSPS) is 22.9. The standard InChI is InChI=1S/C17H25NO2/c1-2-5-15(18-10-3-1)8-6-14-7-9-16-17(13-14)20-12-4-11-19-16/h7,9,13,15,18H,1-6,8,10-12H2. The van der Waals surface area contributed by atoms with Crippen molar-refractivity contribution in [3.63, 3.8) is 0 Å². The smallest absolute Gasteiger partial charge is 0.161 e. The molecule has 2 aliphatic heterocycles. The molecule has 1 saturated heterocycles. The minimum absolute atomic E-state index is 0.688. The average Bonchev–Trinajstić information content (AvgIpc) is 2.87. The van der Waals surface area contributed by atoms with E-state index in [0.29, 0.717) is 6.04 Å². The van der Waals surface area contributed by atoms with Crippen LogP contribution in [0.25, 0.3) is 0 Å². The maximum absolute atomic E-state index is 5.76. The Hall–Kier alpha value is -1.22. The van der Waals surface area contributed by atoms with Gasteiger partial charge < -0.3 is 14.8 Å². The molecular formula is C17H25NO2. The van der Waals surface area contributed by atoms with Crippen LogP contribution < -0.4 is 14.8 Å². The summed E-state index contributed by atoms with van der Waals surface area (Å²) in [4.78, 5) is 0. The molecule has 20 heavy (non-hydrogen) atoms. The molecule has 1 aromatic carbocycles. The fraction of sp³-hybridized carbons (Fsp3) is 0.647. The lowest BCUT2D eigenvalue weighted by Crippen LogP contribution is -2.28. The predicted molar refractivity (Wildman–Crippen MR) is 80.6 cm³/mol. The molecule has 0 saturated carbocycles. The Morgan fingerprint density at radius 1 is 1.00 bits per heavy atom. The van der Waals surface area contributed by atoms with Crippen molar-refractivity contribution in [1.29, 1.82) is 0 Å². The van der Waals surface area contributed by atoms with Gasteiger partial charge in [0.15, 0.2) is 11.5 Å². The molecule has 3 nitrogen and oxygen atoms in total. The molecule has 110 valence electrons. The monoisotopic (exact) mass is 275 g/mol. The van der Waals surface area contributed by atoms with Crippen molar-refractivity contribution in [3.05, 3.63) is 23.8 Å². The highest BCUT2D eigenvalue weighted by Crippen LogP contribution is 2.31. The van der Waals surface area contributed by atoms with Gasteiger partial charge in [-0.05, 0) is 49.9 Å². The minimum atomic E-state index is 0.688. The zero-order chi connectivity index (χ0) is 13.6. The minimum Gasteiger partial charge on any atom is -0.490 e. The van der Waals surface area contributed by atoms with Crippen LogP contribution in [0.2, 0.25) is 0 Å². The van der Waals surface area contributed by atoms with Gasteiger partial charge in [-0.2, -0.15) is 0 Å². The number of rotatable bonds is 3. The van der Waals surface area contributed by atoms with Crippen LogP contribution in [0.3, 0.4) is 0 Å². The lowest BCUT2D eigenvalue weighted by molar-refractivity contribution is 0.297. The summed E-state index contributed by atoms with van der Waals surface area (Å²) in [5.74, 6) is 1.83. The molecule has 0 spiro atoms. The van der Waals surface area contributed by atoms with Gasteiger partial charge in [0.2, 0.25) is 0 Å². The van der Waals surface area contributed by atoms with E-state index in [-0.39, 0.29) is 0 Å². The molecule has 0 aromatic heterocycles. The number of aryl methyl sites for hydroxylation is 1. The molecular weight excluding hydrogens is 250 g/mol. The lowest BCUT2D eigenvalue weighted by Gasteiger charge is -2.16. The Balaban J connectivity index is 1.58. The largest absolute Gasteiger partial charge is 0.490 e. The van der Waals surface area contributed by atoms with Crippen molar-refractivity contribution in [2.45, 2.75) is 51.0 Å². The second-order valence-corrected chi connectivity index (χ2v) is 5.87. The van der Waals surface area contributed by atoms with Gasteiger partial charge in [-0.25, -0.2) is 0 Å². The number of hydrogen-bond donors (Lipinski definition) is 1. The third kappa shape index (κ3) is 3.66. The molecule has 2 heterocycles. The van der Waals surface area contributed by atoms with Gasteiger partial charge in [0, 0.05) is 12.5 Å². The van der Waals surface area contributed by atoms with Crippen molar-refractivity contribution in [2.75, 3.05) is 19.8 Å². The van der Waals surface area contributed by atoms with E-state index in [9.17, 15) is 0 Å². The van der Waals surface area contributed by atoms with Crippen LogP contribution in [-0.2, 0) is 6.42 Å². The van der Waals surface area contributed by atoms with Crippen LogP contribution >= 0.6 is 0 Å². The van der Waals surface area contributed by atoms with E-state index in [4.69, 9.17) is 9.47 Å². The van der Waals surface area contributed by atoms with E-state index < -0.39 is 0 Å². The van der Waals surface area contributed by atoms with Gasteiger partial charge in [-0.1, -0.05) is 18.9 Å². The van der Waals surface area contributed by atoms with E-state index >= 15 is 0 Å². The molecule has 0 radical (unpaired) electrons. The second kappa shape index (κ2) is 6.98.